The van der Waals surface area contributed by atoms with Crippen molar-refractivity contribution in [1.82, 2.24) is 4.98 Å². The van der Waals surface area contributed by atoms with Crippen molar-refractivity contribution in [1.29, 1.82) is 0 Å². The molecule has 8 heteroatoms. The van der Waals surface area contributed by atoms with Gasteiger partial charge < -0.3 is 24.6 Å². The number of thiazole rings is 1. The van der Waals surface area contributed by atoms with Gasteiger partial charge in [-0.1, -0.05) is 48.5 Å². The van der Waals surface area contributed by atoms with Crippen molar-refractivity contribution in [3.05, 3.63) is 119 Å². The maximum atomic E-state index is 13.6. The van der Waals surface area contributed by atoms with Crippen molar-refractivity contribution in [2.75, 3.05) is 31.7 Å². The van der Waals surface area contributed by atoms with Crippen molar-refractivity contribution >= 4 is 33.1 Å². The Kier molecular flexibility index (Phi) is 8.45. The number of benzene rings is 4. The van der Waals surface area contributed by atoms with Crippen LogP contribution in [-0.2, 0) is 25.4 Å². The van der Waals surface area contributed by atoms with E-state index in [1.54, 1.807) is 11.3 Å². The van der Waals surface area contributed by atoms with Crippen LogP contribution in [0.15, 0.2) is 96.8 Å². The molecule has 0 unspecified atom stereocenters. The molecule has 0 saturated carbocycles. The molecule has 45 heavy (non-hydrogen) atoms. The molecular weight excluding hydrogens is 584 g/mol. The lowest BCUT2D eigenvalue weighted by atomic mass is 9.87. The second kappa shape index (κ2) is 12.9. The first kappa shape index (κ1) is 29.4. The number of anilines is 1. The first-order valence-electron chi connectivity index (χ1n) is 15.2. The molecule has 7 nitrogen and oxygen atoms in total. The number of carbonyl (C=O) groups excluding carboxylic acids is 1. The predicted octanol–water partition coefficient (Wildman–Crippen LogP) is 7.22. The van der Waals surface area contributed by atoms with Crippen molar-refractivity contribution < 1.29 is 24.1 Å². The number of nitrogens with one attached hydrogen (secondary N) is 1. The molecule has 1 aromatic heterocycles. The van der Waals surface area contributed by atoms with Crippen LogP contribution >= 0.6 is 11.3 Å². The van der Waals surface area contributed by atoms with Gasteiger partial charge in [0.1, 0.15) is 5.01 Å². The average Bonchev–Trinajstić information content (AvgIpc) is 3.66. The van der Waals surface area contributed by atoms with Gasteiger partial charge in [0.25, 0.3) is 5.91 Å². The molecule has 0 bridgehead atoms. The zero-order valence-electron chi connectivity index (χ0n) is 25.0. The Balaban J connectivity index is 1.11. The van der Waals surface area contributed by atoms with E-state index >= 15 is 0 Å². The molecule has 4 aromatic carbocycles. The zero-order valence-corrected chi connectivity index (χ0v) is 25.8. The van der Waals surface area contributed by atoms with Crippen molar-refractivity contribution in [2.45, 2.75) is 32.0 Å². The van der Waals surface area contributed by atoms with Gasteiger partial charge in [-0.05, 0) is 89.2 Å². The minimum Gasteiger partial charge on any atom is -0.459 e. The highest BCUT2D eigenvalue weighted by Gasteiger charge is 2.32. The summed E-state index contributed by atoms with van der Waals surface area (Å²) in [5, 5.41) is 13.0. The number of carbonyl (C=O) groups is 1. The van der Waals surface area contributed by atoms with Gasteiger partial charge >= 0.3 is 0 Å². The molecule has 1 amide bonds. The van der Waals surface area contributed by atoms with Crippen molar-refractivity contribution in [2.24, 2.45) is 0 Å². The summed E-state index contributed by atoms with van der Waals surface area (Å²) in [6.45, 7) is 2.90. The molecule has 1 aliphatic carbocycles. The first-order valence-corrected chi connectivity index (χ1v) is 16.0. The lowest BCUT2D eigenvalue weighted by Gasteiger charge is -2.30. The number of allylic oxidation sites excluding steroid dienone is 1. The zero-order chi connectivity index (χ0) is 30.8. The second-order valence-electron chi connectivity index (χ2n) is 11.4. The SMILES string of the molecule is Cc1ccc2nc(-c3ccc(NC(=O)C4=C[C@H](c5cccc6c5Cc5ccccc5-6)C[C@H](OCCOCCO)O4)cc3)sc2c1. The van der Waals surface area contributed by atoms with Crippen LogP contribution in [0.5, 0.6) is 0 Å². The van der Waals surface area contributed by atoms with E-state index in [0.717, 1.165) is 27.2 Å². The quantitative estimate of drug-likeness (QED) is 0.158. The normalized spacial score (nSPS) is 17.0. The van der Waals surface area contributed by atoms with E-state index in [2.05, 4.69) is 66.8 Å². The number of aromatic nitrogens is 1. The largest absolute Gasteiger partial charge is 0.459 e. The van der Waals surface area contributed by atoms with Gasteiger partial charge in [-0.2, -0.15) is 0 Å². The average molecular weight is 619 g/mol. The molecule has 5 aromatic rings. The van der Waals surface area contributed by atoms with Crippen LogP contribution in [0.25, 0.3) is 31.9 Å². The van der Waals surface area contributed by atoms with E-state index in [1.807, 2.05) is 36.4 Å². The Morgan fingerprint density at radius 2 is 1.84 bits per heavy atom. The smallest absolute Gasteiger partial charge is 0.290 e. The van der Waals surface area contributed by atoms with E-state index in [9.17, 15) is 4.79 Å². The third-order valence-corrected chi connectivity index (χ3v) is 9.34. The van der Waals surface area contributed by atoms with E-state index in [-0.39, 0.29) is 37.4 Å². The Morgan fingerprint density at radius 3 is 2.71 bits per heavy atom. The van der Waals surface area contributed by atoms with Crippen molar-refractivity contribution in [3.63, 3.8) is 0 Å². The van der Waals surface area contributed by atoms with Crippen LogP contribution < -0.4 is 5.32 Å². The molecule has 0 radical (unpaired) electrons. The third-order valence-electron chi connectivity index (χ3n) is 8.27. The Bertz CT molecular complexity index is 1880. The first-order chi connectivity index (χ1) is 22.1. The van der Waals surface area contributed by atoms with E-state index in [0.29, 0.717) is 18.7 Å². The van der Waals surface area contributed by atoms with E-state index in [1.165, 1.54) is 33.4 Å². The van der Waals surface area contributed by atoms with Gasteiger partial charge in [-0.3, -0.25) is 4.79 Å². The standard InChI is InChI=1S/C37H34N2O5S/c1-23-9-14-32-34(19-23)45-37(39-32)24-10-12-27(13-11-24)38-36(41)33-21-26(22-35(44-33)43-18-17-42-16-15-40)29-7-4-8-30-28-6-3-2-5-25(28)20-31(29)30/h2-14,19,21,26,35,40H,15-18,20,22H2,1H3,(H,38,41)/t26-,35+/m0/s1. The number of ether oxygens (including phenoxy) is 3. The molecule has 228 valence electrons. The molecule has 2 atom stereocenters. The van der Waals surface area contributed by atoms with Crippen LogP contribution in [0.1, 0.15) is 34.6 Å². The lowest BCUT2D eigenvalue weighted by Crippen LogP contribution is -2.30. The maximum absolute atomic E-state index is 13.6. The summed E-state index contributed by atoms with van der Waals surface area (Å²) in [5.41, 5.74) is 10.1. The number of nitrogens with zero attached hydrogens (tertiary/aromatic N) is 1. The van der Waals surface area contributed by atoms with Crippen LogP contribution in [0.2, 0.25) is 0 Å². The van der Waals surface area contributed by atoms with Gasteiger partial charge in [0.15, 0.2) is 5.76 Å². The molecule has 2 N–H and O–H groups in total. The third kappa shape index (κ3) is 6.28. The highest BCUT2D eigenvalue weighted by Crippen LogP contribution is 2.43. The van der Waals surface area contributed by atoms with Crippen LogP contribution in [0.4, 0.5) is 5.69 Å². The van der Waals surface area contributed by atoms with Crippen LogP contribution in [0, 0.1) is 6.92 Å². The van der Waals surface area contributed by atoms with Crippen LogP contribution in [0.3, 0.4) is 0 Å². The number of aryl methyl sites for hydroxylation is 1. The maximum Gasteiger partial charge on any atom is 0.290 e. The molecule has 1 aliphatic heterocycles. The topological polar surface area (TPSA) is 89.9 Å². The summed E-state index contributed by atoms with van der Waals surface area (Å²) in [6.07, 6.45) is 2.73. The minimum absolute atomic E-state index is 0.0438. The fraction of sp³-hybridized carbons (Fsp3) is 0.243. The number of hydrogen-bond acceptors (Lipinski definition) is 7. The van der Waals surface area contributed by atoms with Crippen molar-refractivity contribution in [3.8, 4) is 21.7 Å². The highest BCUT2D eigenvalue weighted by atomic mass is 32.1. The summed E-state index contributed by atoms with van der Waals surface area (Å²) in [4.78, 5) is 18.4. The molecule has 2 heterocycles. The monoisotopic (exact) mass is 618 g/mol. The molecule has 0 fully saturated rings. The number of fused-ring (bicyclic) bond motifs is 4. The summed E-state index contributed by atoms with van der Waals surface area (Å²) in [7, 11) is 0. The Labute approximate surface area is 266 Å². The number of aliphatic hydroxyl groups is 1. The minimum atomic E-state index is -0.622. The lowest BCUT2D eigenvalue weighted by molar-refractivity contribution is -0.148. The number of amides is 1. The summed E-state index contributed by atoms with van der Waals surface area (Å²) in [5.74, 6) is -0.174. The summed E-state index contributed by atoms with van der Waals surface area (Å²) >= 11 is 1.66. The fourth-order valence-corrected chi connectivity index (χ4v) is 7.18. The Morgan fingerprint density at radius 1 is 1.00 bits per heavy atom. The number of aliphatic hydroxyl groups excluding tert-OH is 1. The molecule has 0 saturated heterocycles. The van der Waals surface area contributed by atoms with Gasteiger partial charge in [-0.25, -0.2) is 4.98 Å². The number of hydrogen-bond donors (Lipinski definition) is 2. The van der Waals surface area contributed by atoms with Gasteiger partial charge in [0, 0.05) is 23.6 Å². The predicted molar refractivity (Wildman–Crippen MR) is 177 cm³/mol. The van der Waals surface area contributed by atoms with Gasteiger partial charge in [-0.15, -0.1) is 11.3 Å². The number of rotatable bonds is 10. The molecule has 0 spiro atoms. The summed E-state index contributed by atoms with van der Waals surface area (Å²) < 4.78 is 18.7. The summed E-state index contributed by atoms with van der Waals surface area (Å²) in [6, 6.07) is 28.9. The molecule has 2 aliphatic rings. The van der Waals surface area contributed by atoms with Crippen LogP contribution in [-0.4, -0.2) is 48.7 Å². The molecule has 7 rings (SSSR count). The van der Waals surface area contributed by atoms with E-state index in [4.69, 9.17) is 24.3 Å². The fourth-order valence-electron chi connectivity index (χ4n) is 6.11. The molecular formula is C37H34N2O5S. The van der Waals surface area contributed by atoms with E-state index < -0.39 is 6.29 Å². The van der Waals surface area contributed by atoms with Gasteiger partial charge in [0.05, 0.1) is 36.6 Å². The van der Waals surface area contributed by atoms with Gasteiger partial charge in [0.2, 0.25) is 6.29 Å². The highest BCUT2D eigenvalue weighted by molar-refractivity contribution is 7.21. The second-order valence-corrected chi connectivity index (χ2v) is 12.4. The Hall–Kier alpha value is -4.34.